The molecule has 0 fully saturated rings. The van der Waals surface area contributed by atoms with Crippen LogP contribution >= 0.6 is 0 Å². The van der Waals surface area contributed by atoms with Crippen LogP contribution in [0.5, 0.6) is 11.6 Å². The van der Waals surface area contributed by atoms with Crippen LogP contribution < -0.4 is 15.8 Å². The lowest BCUT2D eigenvalue weighted by atomic mass is 10.1. The molecule has 0 aliphatic carbocycles. The summed E-state index contributed by atoms with van der Waals surface area (Å²) in [6.45, 7) is 7.03. The van der Waals surface area contributed by atoms with Crippen molar-refractivity contribution in [2.24, 2.45) is 0 Å². The smallest absolute Gasteiger partial charge is 0.226 e. The number of nitrogens with zero attached hydrogens (tertiary/aromatic N) is 2. The molecule has 0 aliphatic rings. The highest BCUT2D eigenvalue weighted by atomic mass is 16.5. The van der Waals surface area contributed by atoms with Gasteiger partial charge in [-0.3, -0.25) is 0 Å². The van der Waals surface area contributed by atoms with Gasteiger partial charge >= 0.3 is 0 Å². The number of benzene rings is 1. The van der Waals surface area contributed by atoms with Crippen molar-refractivity contribution in [2.45, 2.75) is 27.2 Å². The first-order valence-electron chi connectivity index (χ1n) is 6.72. The molecule has 0 radical (unpaired) electrons. The van der Waals surface area contributed by atoms with E-state index in [-0.39, 0.29) is 5.95 Å². The molecule has 1 heterocycles. The van der Waals surface area contributed by atoms with Gasteiger partial charge in [0.25, 0.3) is 0 Å². The predicted molar refractivity (Wildman–Crippen MR) is 81.2 cm³/mol. The summed E-state index contributed by atoms with van der Waals surface area (Å²) < 4.78 is 5.74. The van der Waals surface area contributed by atoms with Crippen molar-refractivity contribution < 1.29 is 4.74 Å². The molecule has 20 heavy (non-hydrogen) atoms. The zero-order chi connectivity index (χ0) is 14.5. The van der Waals surface area contributed by atoms with Crippen LogP contribution in [0, 0.1) is 13.8 Å². The third-order valence-corrected chi connectivity index (χ3v) is 2.98. The fourth-order valence-electron chi connectivity index (χ4n) is 1.74. The van der Waals surface area contributed by atoms with E-state index in [0.717, 1.165) is 18.7 Å². The third kappa shape index (κ3) is 3.60. The van der Waals surface area contributed by atoms with Gasteiger partial charge < -0.3 is 15.8 Å². The van der Waals surface area contributed by atoms with Gasteiger partial charge in [0.05, 0.1) is 0 Å². The lowest BCUT2D eigenvalue weighted by Crippen LogP contribution is -2.05. The van der Waals surface area contributed by atoms with Crippen molar-refractivity contribution in [3.05, 3.63) is 35.4 Å². The second-order valence-corrected chi connectivity index (χ2v) is 4.72. The van der Waals surface area contributed by atoms with E-state index in [4.69, 9.17) is 10.5 Å². The quantitative estimate of drug-likeness (QED) is 0.873. The fraction of sp³-hybridized carbons (Fsp3) is 0.333. The minimum absolute atomic E-state index is 0.199. The summed E-state index contributed by atoms with van der Waals surface area (Å²) >= 11 is 0. The van der Waals surface area contributed by atoms with Gasteiger partial charge in [0.15, 0.2) is 0 Å². The van der Waals surface area contributed by atoms with Crippen molar-refractivity contribution >= 4 is 11.8 Å². The number of aromatic nitrogens is 2. The Labute approximate surface area is 119 Å². The van der Waals surface area contributed by atoms with E-state index in [1.807, 2.05) is 25.1 Å². The molecule has 3 N–H and O–H groups in total. The van der Waals surface area contributed by atoms with Crippen LogP contribution in [0.4, 0.5) is 11.8 Å². The summed E-state index contributed by atoms with van der Waals surface area (Å²) in [6, 6.07) is 7.67. The molecule has 2 rings (SSSR count). The van der Waals surface area contributed by atoms with Gasteiger partial charge in [0.2, 0.25) is 11.8 Å². The summed E-state index contributed by atoms with van der Waals surface area (Å²) in [4.78, 5) is 8.21. The molecule has 5 heteroatoms. The SMILES string of the molecule is CCCNc1cc(Oc2ccc(C)c(C)c2)nc(N)n1. The number of hydrogen-bond acceptors (Lipinski definition) is 5. The molecular formula is C15H20N4O. The van der Waals surface area contributed by atoms with E-state index in [1.54, 1.807) is 6.07 Å². The Morgan fingerprint density at radius 2 is 1.95 bits per heavy atom. The number of nitrogens with two attached hydrogens (primary N) is 1. The first kappa shape index (κ1) is 14.1. The Hall–Kier alpha value is -2.30. The summed E-state index contributed by atoms with van der Waals surface area (Å²) in [5.41, 5.74) is 8.10. The lowest BCUT2D eigenvalue weighted by Gasteiger charge is -2.09. The highest BCUT2D eigenvalue weighted by molar-refractivity contribution is 5.44. The van der Waals surface area contributed by atoms with Crippen LogP contribution in [0.15, 0.2) is 24.3 Å². The molecule has 0 aliphatic heterocycles. The van der Waals surface area contributed by atoms with Crippen molar-refractivity contribution in [3.8, 4) is 11.6 Å². The Bertz CT molecular complexity index is 598. The molecule has 1 aromatic carbocycles. The second-order valence-electron chi connectivity index (χ2n) is 4.72. The molecule has 0 spiro atoms. The molecule has 106 valence electrons. The standard InChI is InChI=1S/C15H20N4O/c1-4-7-17-13-9-14(19-15(16)18-13)20-12-6-5-10(2)11(3)8-12/h5-6,8-9H,4,7H2,1-3H3,(H3,16,17,18,19). The first-order valence-corrected chi connectivity index (χ1v) is 6.72. The Kier molecular flexibility index (Phi) is 4.40. The number of ether oxygens (including phenoxy) is 1. The molecule has 0 saturated heterocycles. The highest BCUT2D eigenvalue weighted by Gasteiger charge is 2.05. The molecule has 0 atom stereocenters. The summed E-state index contributed by atoms with van der Waals surface area (Å²) in [7, 11) is 0. The van der Waals surface area contributed by atoms with Crippen molar-refractivity contribution in [1.82, 2.24) is 9.97 Å². The largest absolute Gasteiger partial charge is 0.439 e. The van der Waals surface area contributed by atoms with E-state index in [2.05, 4.69) is 29.1 Å². The van der Waals surface area contributed by atoms with Gasteiger partial charge in [-0.15, -0.1) is 0 Å². The van der Waals surface area contributed by atoms with E-state index in [9.17, 15) is 0 Å². The Morgan fingerprint density at radius 3 is 2.65 bits per heavy atom. The maximum atomic E-state index is 5.74. The van der Waals surface area contributed by atoms with Gasteiger partial charge in [0.1, 0.15) is 11.6 Å². The van der Waals surface area contributed by atoms with Gasteiger partial charge in [-0.1, -0.05) is 13.0 Å². The minimum atomic E-state index is 0.199. The van der Waals surface area contributed by atoms with Crippen molar-refractivity contribution in [1.29, 1.82) is 0 Å². The second kappa shape index (κ2) is 6.23. The number of rotatable bonds is 5. The Morgan fingerprint density at radius 1 is 1.15 bits per heavy atom. The van der Waals surface area contributed by atoms with Gasteiger partial charge in [-0.25, -0.2) is 0 Å². The molecule has 2 aromatic rings. The van der Waals surface area contributed by atoms with E-state index >= 15 is 0 Å². The highest BCUT2D eigenvalue weighted by Crippen LogP contribution is 2.24. The topological polar surface area (TPSA) is 73.1 Å². The normalized spacial score (nSPS) is 10.3. The van der Waals surface area contributed by atoms with Crippen molar-refractivity contribution in [2.75, 3.05) is 17.6 Å². The molecule has 0 unspecified atom stereocenters. The van der Waals surface area contributed by atoms with Crippen LogP contribution in [-0.4, -0.2) is 16.5 Å². The molecule has 1 aromatic heterocycles. The maximum absolute atomic E-state index is 5.74. The lowest BCUT2D eigenvalue weighted by molar-refractivity contribution is 0.462. The van der Waals surface area contributed by atoms with Gasteiger partial charge in [-0.05, 0) is 43.5 Å². The third-order valence-electron chi connectivity index (χ3n) is 2.98. The van der Waals surface area contributed by atoms with E-state index in [0.29, 0.717) is 11.7 Å². The van der Waals surface area contributed by atoms with Crippen LogP contribution in [0.3, 0.4) is 0 Å². The first-order chi connectivity index (χ1) is 9.58. The fourth-order valence-corrected chi connectivity index (χ4v) is 1.74. The monoisotopic (exact) mass is 272 g/mol. The molecule has 0 bridgehead atoms. The van der Waals surface area contributed by atoms with E-state index in [1.165, 1.54) is 11.1 Å². The number of hydrogen-bond donors (Lipinski definition) is 2. The average molecular weight is 272 g/mol. The molecule has 0 amide bonds. The van der Waals surface area contributed by atoms with Gasteiger partial charge in [0, 0.05) is 12.6 Å². The number of nitrogen functional groups attached to an aromatic ring is 1. The zero-order valence-corrected chi connectivity index (χ0v) is 12.1. The number of nitrogens with one attached hydrogen (secondary N) is 1. The molecule has 0 saturated carbocycles. The Balaban J connectivity index is 2.19. The summed E-state index contributed by atoms with van der Waals surface area (Å²) in [6.07, 6.45) is 1.01. The minimum Gasteiger partial charge on any atom is -0.439 e. The van der Waals surface area contributed by atoms with Crippen LogP contribution in [0.25, 0.3) is 0 Å². The van der Waals surface area contributed by atoms with Gasteiger partial charge in [-0.2, -0.15) is 9.97 Å². The van der Waals surface area contributed by atoms with Crippen LogP contribution in [-0.2, 0) is 0 Å². The van der Waals surface area contributed by atoms with Crippen molar-refractivity contribution in [3.63, 3.8) is 0 Å². The van der Waals surface area contributed by atoms with Crippen LogP contribution in [0.1, 0.15) is 24.5 Å². The molecular weight excluding hydrogens is 252 g/mol. The van der Waals surface area contributed by atoms with E-state index < -0.39 is 0 Å². The zero-order valence-electron chi connectivity index (χ0n) is 12.1. The number of anilines is 2. The predicted octanol–water partition coefficient (Wildman–Crippen LogP) is 3.29. The average Bonchev–Trinajstić information content (AvgIpc) is 2.40. The van der Waals surface area contributed by atoms with Crippen LogP contribution in [0.2, 0.25) is 0 Å². The molecule has 5 nitrogen and oxygen atoms in total. The number of aryl methyl sites for hydroxylation is 2. The maximum Gasteiger partial charge on any atom is 0.226 e. The summed E-state index contributed by atoms with van der Waals surface area (Å²) in [5, 5.41) is 3.17. The summed E-state index contributed by atoms with van der Waals surface area (Å²) in [5.74, 6) is 2.06.